The molecule has 25 nitrogen and oxygen atoms in total. The van der Waals surface area contributed by atoms with Gasteiger partial charge in [-0.1, -0.05) is 6.07 Å². The van der Waals surface area contributed by atoms with Gasteiger partial charge in [0.15, 0.2) is 65.0 Å². The Labute approximate surface area is 382 Å². The van der Waals surface area contributed by atoms with Gasteiger partial charge in [-0.25, -0.2) is 4.79 Å². The zero-order valence-electron chi connectivity index (χ0n) is 35.7. The molecule has 3 saturated heterocycles. The molecule has 3 aliphatic heterocycles. The zero-order valence-corrected chi connectivity index (χ0v) is 35.7. The summed E-state index contributed by atoms with van der Waals surface area (Å²) in [7, 11) is 2.38. The monoisotopic (exact) mass is 964 g/mol. The van der Waals surface area contributed by atoms with Gasteiger partial charge in [0.25, 0.3) is 0 Å². The Kier molecular flexibility index (Phi) is 14.9. The summed E-state index contributed by atoms with van der Waals surface area (Å²) in [6.07, 6.45) is -21.0. The van der Waals surface area contributed by atoms with Crippen molar-refractivity contribution in [1.29, 1.82) is 0 Å². The fourth-order valence-corrected chi connectivity index (χ4v) is 7.55. The second kappa shape index (κ2) is 20.3. The van der Waals surface area contributed by atoms with Crippen LogP contribution in [0.2, 0.25) is 0 Å². The minimum Gasteiger partial charge on any atom is -0.504 e. The van der Waals surface area contributed by atoms with E-state index in [9.17, 15) is 76.0 Å². The molecule has 3 aromatic carbocycles. The van der Waals surface area contributed by atoms with E-state index >= 15 is 0 Å². The minimum atomic E-state index is -2.27. The highest BCUT2D eigenvalue weighted by Gasteiger charge is 2.55. The highest BCUT2D eigenvalue weighted by molar-refractivity contribution is 5.91. The lowest BCUT2D eigenvalue weighted by Crippen LogP contribution is -2.64. The Morgan fingerprint density at radius 1 is 0.779 bits per heavy atom. The van der Waals surface area contributed by atoms with Crippen LogP contribution in [0.15, 0.2) is 57.8 Å². The van der Waals surface area contributed by atoms with Crippen LogP contribution in [0.1, 0.15) is 5.56 Å². The summed E-state index contributed by atoms with van der Waals surface area (Å²) in [6, 6.07) is 8.17. The number of hydrogen-bond acceptors (Lipinski definition) is 25. The third-order valence-electron chi connectivity index (χ3n) is 11.4. The Balaban J connectivity index is 1.23. The van der Waals surface area contributed by atoms with Crippen molar-refractivity contribution >= 4 is 23.0 Å². The molecule has 68 heavy (non-hydrogen) atoms. The highest BCUT2D eigenvalue weighted by atomic mass is 16.8. The third-order valence-corrected chi connectivity index (χ3v) is 11.4. The number of phenolic OH excluding ortho intramolecular Hbond substituents is 5. The standard InChI is InChI=1S/C43H48O25/c1-59-22-9-16(3-6-19(22)47)4-8-26(50)66-37-32(55)28(51)24(12-44)64-40(37)61-13-25-29(52)33(56)38(68-42-39(57)43(58,14-45)15-62-42)41(65-25)67-36-31(54)27-23(11-21(49)35(60-2)30(27)53)63-34(36)17-5-7-18(46)20(48)10-17/h3-11,24-25,28-29,32-33,37-42,44-49,51-53,55-58H,12-15H2,1-2H3/b8-4+/t24-,25-,28+,29+,32+,33+,37-,38-,39-,40-,41+,42+,43-/m1/s1. The van der Waals surface area contributed by atoms with Crippen LogP contribution < -0.4 is 19.6 Å². The van der Waals surface area contributed by atoms with Crippen molar-refractivity contribution in [3.63, 3.8) is 0 Å². The van der Waals surface area contributed by atoms with Gasteiger partial charge < -0.3 is 113 Å². The first-order valence-electron chi connectivity index (χ1n) is 20.4. The van der Waals surface area contributed by atoms with Gasteiger partial charge in [0, 0.05) is 17.7 Å². The summed E-state index contributed by atoms with van der Waals surface area (Å²) in [4.78, 5) is 27.5. The van der Waals surface area contributed by atoms with Gasteiger partial charge in [-0.2, -0.15) is 0 Å². The molecule has 25 heteroatoms. The molecule has 13 atom stereocenters. The van der Waals surface area contributed by atoms with Crippen molar-refractivity contribution in [2.45, 2.75) is 79.4 Å². The smallest absolute Gasteiger partial charge is 0.331 e. The lowest BCUT2D eigenvalue weighted by molar-refractivity contribution is -0.338. The van der Waals surface area contributed by atoms with E-state index in [1.165, 1.54) is 31.4 Å². The topological polar surface area (TPSA) is 393 Å². The van der Waals surface area contributed by atoms with Crippen molar-refractivity contribution in [1.82, 2.24) is 0 Å². The van der Waals surface area contributed by atoms with E-state index in [1.54, 1.807) is 0 Å². The van der Waals surface area contributed by atoms with Crippen molar-refractivity contribution < 1.29 is 118 Å². The molecule has 4 heterocycles. The molecular weight excluding hydrogens is 916 g/mol. The first-order valence-corrected chi connectivity index (χ1v) is 20.4. The first-order chi connectivity index (χ1) is 32.3. The normalized spacial score (nSPS) is 30.7. The van der Waals surface area contributed by atoms with Crippen molar-refractivity contribution in [3.05, 3.63) is 64.3 Å². The van der Waals surface area contributed by atoms with Crippen LogP contribution in [0, 0.1) is 0 Å². The Hall–Kier alpha value is -6.04. The van der Waals surface area contributed by atoms with Crippen molar-refractivity contribution in [2.75, 3.05) is 40.6 Å². The van der Waals surface area contributed by atoms with Gasteiger partial charge in [-0.15, -0.1) is 0 Å². The third kappa shape index (κ3) is 9.65. The number of methoxy groups -OCH3 is 2. The molecule has 1 aromatic heterocycles. The average molecular weight is 965 g/mol. The predicted octanol–water partition coefficient (Wildman–Crippen LogP) is -2.26. The van der Waals surface area contributed by atoms with Crippen LogP contribution in [-0.4, -0.2) is 192 Å². The van der Waals surface area contributed by atoms with Crippen LogP contribution >= 0.6 is 0 Å². The molecule has 0 radical (unpaired) electrons. The van der Waals surface area contributed by atoms with Gasteiger partial charge in [0.1, 0.15) is 59.3 Å². The number of aliphatic hydroxyl groups excluding tert-OH is 7. The molecule has 13 N–H and O–H groups in total. The predicted molar refractivity (Wildman–Crippen MR) is 222 cm³/mol. The Morgan fingerprint density at radius 2 is 1.47 bits per heavy atom. The molecule has 4 aromatic rings. The molecule has 0 saturated carbocycles. The minimum absolute atomic E-state index is 0.0873. The van der Waals surface area contributed by atoms with E-state index in [4.69, 9.17) is 47.0 Å². The van der Waals surface area contributed by atoms with E-state index in [-0.39, 0.29) is 17.1 Å². The SMILES string of the molecule is COc1cc(/C=C/C(=O)O[C@H]2[C@H](OC[C@H]3O[C@@H](Oc4c(-c5ccc(O)c(O)c5)oc5cc(O)c(OC)c(O)c5c4=O)[C@H](O[C@@H]4OC[C@](O)(CO)[C@@H]4O)[C@@H](O)[C@H]3O)O[C@H](CO)[C@H](O)[C@@H]2O)ccc1O. The summed E-state index contributed by atoms with van der Waals surface area (Å²) in [5.74, 6) is -6.12. The molecular formula is C43H48O25. The van der Waals surface area contributed by atoms with Crippen LogP contribution in [0.4, 0.5) is 0 Å². The van der Waals surface area contributed by atoms with E-state index in [0.717, 1.165) is 37.5 Å². The second-order valence-electron chi connectivity index (χ2n) is 15.8. The molecule has 0 spiro atoms. The number of aromatic hydroxyl groups is 5. The van der Waals surface area contributed by atoms with Gasteiger partial charge >= 0.3 is 5.97 Å². The fourth-order valence-electron chi connectivity index (χ4n) is 7.55. The number of esters is 1. The second-order valence-corrected chi connectivity index (χ2v) is 15.8. The number of aliphatic hydroxyl groups is 8. The van der Waals surface area contributed by atoms with E-state index in [1.807, 2.05) is 0 Å². The van der Waals surface area contributed by atoms with Crippen LogP contribution in [0.3, 0.4) is 0 Å². The number of carbonyl (C=O) groups is 1. The molecule has 3 aliphatic rings. The van der Waals surface area contributed by atoms with Crippen LogP contribution in [0.25, 0.3) is 28.4 Å². The summed E-state index contributed by atoms with van der Waals surface area (Å²) in [6.45, 7) is -3.48. The quantitative estimate of drug-likeness (QED) is 0.0340. The van der Waals surface area contributed by atoms with E-state index in [0.29, 0.717) is 5.56 Å². The molecule has 3 fully saturated rings. The molecule has 370 valence electrons. The van der Waals surface area contributed by atoms with Gasteiger partial charge in [-0.3, -0.25) is 4.79 Å². The summed E-state index contributed by atoms with van der Waals surface area (Å²) in [5, 5.41) is 137. The number of carbonyl (C=O) groups excluding carboxylic acids is 1. The summed E-state index contributed by atoms with van der Waals surface area (Å²) < 4.78 is 56.1. The molecule has 7 rings (SSSR count). The average Bonchev–Trinajstić information content (AvgIpc) is 3.60. The molecule has 0 bridgehead atoms. The maximum absolute atomic E-state index is 14.4. The largest absolute Gasteiger partial charge is 0.504 e. The first kappa shape index (κ1) is 49.9. The number of ether oxygens (including phenoxy) is 9. The number of hydrogen-bond donors (Lipinski definition) is 13. The number of benzene rings is 3. The maximum atomic E-state index is 14.4. The number of fused-ring (bicyclic) bond motifs is 1. The summed E-state index contributed by atoms with van der Waals surface area (Å²) in [5.41, 5.74) is -3.75. The van der Waals surface area contributed by atoms with Gasteiger partial charge in [-0.05, 0) is 42.0 Å². The van der Waals surface area contributed by atoms with Crippen LogP contribution in [-0.2, 0) is 33.2 Å². The van der Waals surface area contributed by atoms with E-state index < -0.39 is 168 Å². The van der Waals surface area contributed by atoms with Crippen molar-refractivity contribution in [2.24, 2.45) is 0 Å². The Morgan fingerprint density at radius 3 is 2.13 bits per heavy atom. The summed E-state index contributed by atoms with van der Waals surface area (Å²) >= 11 is 0. The molecule has 0 aliphatic carbocycles. The van der Waals surface area contributed by atoms with Crippen LogP contribution in [0.5, 0.6) is 46.0 Å². The van der Waals surface area contributed by atoms with Gasteiger partial charge in [0.2, 0.25) is 23.2 Å². The van der Waals surface area contributed by atoms with E-state index in [2.05, 4.69) is 0 Å². The molecule has 0 amide bonds. The van der Waals surface area contributed by atoms with Crippen molar-refractivity contribution in [3.8, 4) is 57.3 Å². The lowest BCUT2D eigenvalue weighted by Gasteiger charge is -2.44. The number of rotatable bonds is 15. The Bertz CT molecular complexity index is 2550. The highest BCUT2D eigenvalue weighted by Crippen LogP contribution is 2.45. The maximum Gasteiger partial charge on any atom is 0.331 e. The zero-order chi connectivity index (χ0) is 49.4. The molecule has 0 unspecified atom stereocenters. The fraction of sp³-hybridized carbons (Fsp3) is 0.442. The van der Waals surface area contributed by atoms with Gasteiger partial charge in [0.05, 0.1) is 40.6 Å². The lowest BCUT2D eigenvalue weighted by atomic mass is 9.97. The number of phenols is 5.